The van der Waals surface area contributed by atoms with E-state index in [1.165, 1.54) is 22.8 Å². The van der Waals surface area contributed by atoms with Crippen molar-refractivity contribution in [1.82, 2.24) is 9.13 Å². The molecule has 0 atom stereocenters. The monoisotopic (exact) mass is 368 g/mol. The fourth-order valence-electron chi connectivity index (χ4n) is 2.71. The van der Waals surface area contributed by atoms with Crippen molar-refractivity contribution in [3.8, 4) is 0 Å². The number of carbonyl (C=O) groups is 1. The summed E-state index contributed by atoms with van der Waals surface area (Å²) < 4.78 is 8.63. The molecule has 0 spiro atoms. The average molecular weight is 369 g/mol. The van der Waals surface area contributed by atoms with Gasteiger partial charge in [-0.15, -0.1) is 0 Å². The third-order valence-corrected chi connectivity index (χ3v) is 7.48. The minimum Gasteiger partial charge on any atom is -0.298 e. The van der Waals surface area contributed by atoms with Crippen molar-refractivity contribution in [2.75, 3.05) is 11.5 Å². The van der Waals surface area contributed by atoms with Crippen LogP contribution in [0.4, 0.5) is 0 Å². The van der Waals surface area contributed by atoms with Crippen molar-refractivity contribution in [1.29, 1.82) is 0 Å². The molecule has 0 unspecified atom stereocenters. The number of carbonyl (C=O) groups excluding carboxylic acids is 1. The first kappa shape index (κ1) is 19.1. The molecule has 132 valence electrons. The van der Waals surface area contributed by atoms with Gasteiger partial charge in [0.25, 0.3) is 0 Å². The van der Waals surface area contributed by atoms with Gasteiger partial charge in [0.2, 0.25) is 0 Å². The first-order valence-corrected chi connectivity index (χ1v) is 9.95. The molecule has 24 heavy (non-hydrogen) atoms. The highest BCUT2D eigenvalue weighted by atomic mass is 32.2. The van der Waals surface area contributed by atoms with Crippen molar-refractivity contribution in [2.24, 2.45) is 28.2 Å². The number of hydrogen-bond acceptors (Lipinski definition) is 3. The maximum absolute atomic E-state index is 12.3. The molecular formula is C17H28N4OS2+2. The molecule has 5 nitrogen and oxygen atoms in total. The molecule has 2 aromatic heterocycles. The van der Waals surface area contributed by atoms with Crippen LogP contribution in [-0.2, 0) is 33.0 Å². The van der Waals surface area contributed by atoms with Crippen LogP contribution in [0.3, 0.4) is 0 Å². The van der Waals surface area contributed by atoms with E-state index in [2.05, 4.69) is 74.2 Å². The Labute approximate surface area is 153 Å². The number of Topliss-reactive ketones (excluding diaryl/α,β-unsaturated/α-hetero) is 1. The lowest BCUT2D eigenvalue weighted by atomic mass is 10.4. The fraction of sp³-hybridized carbons (Fsp3) is 0.588. The SMILES string of the molecule is Cc1c(C)[n+](C)c(SCC(=O)CSc2n(C)c(C)c(C)[n+]2C)n1C. The van der Waals surface area contributed by atoms with Gasteiger partial charge in [0.05, 0.1) is 39.7 Å². The molecule has 0 aliphatic rings. The van der Waals surface area contributed by atoms with Crippen LogP contribution in [-0.4, -0.2) is 26.4 Å². The summed E-state index contributed by atoms with van der Waals surface area (Å²) in [5, 5.41) is 2.25. The Morgan fingerprint density at radius 1 is 0.833 bits per heavy atom. The number of imidazole rings is 2. The van der Waals surface area contributed by atoms with Gasteiger partial charge in [-0.25, -0.2) is 18.3 Å². The van der Waals surface area contributed by atoms with Crippen LogP contribution in [0.1, 0.15) is 22.8 Å². The standard InChI is InChI=1S/C17H28N4OS2/c1-11-12(2)19(6)16(18(11)5)23-9-15(22)10-24-17-20(7)13(3)14(4)21(17)8/h9-10H2,1-8H3/q+2. The van der Waals surface area contributed by atoms with E-state index < -0.39 is 0 Å². The molecule has 0 aliphatic carbocycles. The third kappa shape index (κ3) is 3.42. The summed E-state index contributed by atoms with van der Waals surface area (Å²) in [7, 11) is 8.22. The molecule has 0 amide bonds. The second kappa shape index (κ2) is 7.35. The van der Waals surface area contributed by atoms with Gasteiger partial charge < -0.3 is 0 Å². The maximum atomic E-state index is 12.3. The predicted molar refractivity (Wildman–Crippen MR) is 98.6 cm³/mol. The zero-order chi connectivity index (χ0) is 18.2. The van der Waals surface area contributed by atoms with Crippen LogP contribution in [0.2, 0.25) is 0 Å². The van der Waals surface area contributed by atoms with Crippen molar-refractivity contribution in [3.63, 3.8) is 0 Å². The topological polar surface area (TPSA) is 34.7 Å². The van der Waals surface area contributed by atoms with Crippen molar-refractivity contribution in [3.05, 3.63) is 22.8 Å². The normalized spacial score (nSPS) is 11.3. The van der Waals surface area contributed by atoms with E-state index in [1.54, 1.807) is 23.5 Å². The molecule has 0 saturated heterocycles. The Kier molecular flexibility index (Phi) is 5.86. The fourth-order valence-corrected chi connectivity index (χ4v) is 4.95. The van der Waals surface area contributed by atoms with Crippen molar-refractivity contribution < 1.29 is 13.9 Å². The number of hydrogen-bond donors (Lipinski definition) is 0. The Bertz CT molecular complexity index is 674. The van der Waals surface area contributed by atoms with E-state index in [0.717, 1.165) is 10.3 Å². The Morgan fingerprint density at radius 2 is 1.17 bits per heavy atom. The summed E-state index contributed by atoms with van der Waals surface area (Å²) in [6, 6.07) is 0. The van der Waals surface area contributed by atoms with Gasteiger partial charge in [-0.05, 0) is 23.5 Å². The minimum absolute atomic E-state index is 0.262. The van der Waals surface area contributed by atoms with Gasteiger partial charge in [-0.3, -0.25) is 4.79 Å². The third-order valence-electron chi connectivity index (χ3n) is 4.93. The van der Waals surface area contributed by atoms with E-state index in [9.17, 15) is 4.79 Å². The van der Waals surface area contributed by atoms with E-state index in [-0.39, 0.29) is 5.78 Å². The average Bonchev–Trinajstić information content (AvgIpc) is 2.85. The van der Waals surface area contributed by atoms with Gasteiger partial charge in [0.15, 0.2) is 5.78 Å². The summed E-state index contributed by atoms with van der Waals surface area (Å²) in [5.41, 5.74) is 4.96. The number of aromatic nitrogens is 4. The molecule has 2 aromatic rings. The molecule has 0 fully saturated rings. The second-order valence-electron chi connectivity index (χ2n) is 6.26. The van der Waals surface area contributed by atoms with Crippen molar-refractivity contribution >= 4 is 29.3 Å². The molecule has 0 saturated carbocycles. The number of ketones is 1. The molecule has 0 bridgehead atoms. The van der Waals surface area contributed by atoms with E-state index in [1.807, 2.05) is 0 Å². The molecule has 0 N–H and O–H groups in total. The molecule has 0 aliphatic heterocycles. The summed E-state index contributed by atoms with van der Waals surface area (Å²) in [4.78, 5) is 12.3. The Hall–Kier alpha value is -1.21. The Balaban J connectivity index is 1.98. The first-order valence-electron chi connectivity index (χ1n) is 7.97. The lowest BCUT2D eigenvalue weighted by molar-refractivity contribution is -0.715. The Morgan fingerprint density at radius 3 is 1.42 bits per heavy atom. The lowest BCUT2D eigenvalue weighted by Gasteiger charge is -2.00. The zero-order valence-electron chi connectivity index (χ0n) is 15.9. The second-order valence-corrected chi connectivity index (χ2v) is 8.14. The molecule has 0 aromatic carbocycles. The quantitative estimate of drug-likeness (QED) is 0.575. The predicted octanol–water partition coefficient (Wildman–Crippen LogP) is 1.70. The van der Waals surface area contributed by atoms with Gasteiger partial charge in [0, 0.05) is 27.7 Å². The summed E-state index contributed by atoms with van der Waals surface area (Å²) in [5.74, 6) is 1.27. The highest BCUT2D eigenvalue weighted by Gasteiger charge is 2.24. The molecule has 2 heterocycles. The van der Waals surface area contributed by atoms with E-state index in [4.69, 9.17) is 0 Å². The molecular weight excluding hydrogens is 340 g/mol. The van der Waals surface area contributed by atoms with Crippen LogP contribution < -0.4 is 9.13 Å². The van der Waals surface area contributed by atoms with Crippen LogP contribution >= 0.6 is 23.5 Å². The van der Waals surface area contributed by atoms with Gasteiger partial charge in [-0.2, -0.15) is 0 Å². The summed E-state index contributed by atoms with van der Waals surface area (Å²) >= 11 is 3.24. The van der Waals surface area contributed by atoms with Crippen LogP contribution in [0.5, 0.6) is 0 Å². The number of thioether (sulfide) groups is 2. The molecule has 2 rings (SSSR count). The molecule has 0 radical (unpaired) electrons. The smallest absolute Gasteiger partial charge is 0.298 e. The van der Waals surface area contributed by atoms with Crippen LogP contribution in [0, 0.1) is 27.7 Å². The number of nitrogens with zero attached hydrogens (tertiary/aromatic N) is 4. The first-order chi connectivity index (χ1) is 11.2. The van der Waals surface area contributed by atoms with Gasteiger partial charge >= 0.3 is 10.3 Å². The summed E-state index contributed by atoms with van der Waals surface area (Å²) in [6.45, 7) is 8.43. The zero-order valence-corrected chi connectivity index (χ0v) is 17.6. The minimum atomic E-state index is 0.262. The maximum Gasteiger partial charge on any atom is 0.318 e. The van der Waals surface area contributed by atoms with Gasteiger partial charge in [-0.1, -0.05) is 0 Å². The van der Waals surface area contributed by atoms with Crippen LogP contribution in [0.25, 0.3) is 0 Å². The van der Waals surface area contributed by atoms with E-state index >= 15 is 0 Å². The number of rotatable bonds is 6. The largest absolute Gasteiger partial charge is 0.318 e. The highest BCUT2D eigenvalue weighted by molar-refractivity contribution is 8.01. The van der Waals surface area contributed by atoms with Gasteiger partial charge in [0.1, 0.15) is 22.8 Å². The van der Waals surface area contributed by atoms with Crippen molar-refractivity contribution in [2.45, 2.75) is 38.0 Å². The summed E-state index contributed by atoms with van der Waals surface area (Å²) in [6.07, 6.45) is 0. The van der Waals surface area contributed by atoms with E-state index in [0.29, 0.717) is 11.5 Å². The highest BCUT2D eigenvalue weighted by Crippen LogP contribution is 2.21. The molecule has 7 heteroatoms. The lowest BCUT2D eigenvalue weighted by Crippen LogP contribution is -2.33. The van der Waals surface area contributed by atoms with Crippen LogP contribution in [0.15, 0.2) is 10.3 Å².